The van der Waals surface area contributed by atoms with Crippen molar-refractivity contribution in [2.45, 2.75) is 103 Å². The zero-order valence-corrected chi connectivity index (χ0v) is 20.5. The molecule has 2 fully saturated rings. The van der Waals surface area contributed by atoms with Gasteiger partial charge >= 0.3 is 13.1 Å². The van der Waals surface area contributed by atoms with Crippen molar-refractivity contribution in [3.8, 4) is 0 Å². The maximum absolute atomic E-state index is 14.5. The second-order valence-electron chi connectivity index (χ2n) is 10.7. The summed E-state index contributed by atoms with van der Waals surface area (Å²) in [5, 5.41) is 3.31. The molecular formula is C25H39BFNO4. The van der Waals surface area contributed by atoms with Crippen LogP contribution < -0.4 is 10.8 Å². The van der Waals surface area contributed by atoms with Gasteiger partial charge in [-0.2, -0.15) is 0 Å². The normalized spacial score (nSPS) is 21.3. The molecule has 1 aliphatic heterocycles. The van der Waals surface area contributed by atoms with Crippen molar-refractivity contribution in [1.29, 1.82) is 0 Å². The number of rotatable bonds is 9. The Balaban J connectivity index is 1.61. The fourth-order valence-corrected chi connectivity index (χ4v) is 4.28. The van der Waals surface area contributed by atoms with Crippen LogP contribution in [0.5, 0.6) is 0 Å². The molecule has 1 atom stereocenters. The highest BCUT2D eigenvalue weighted by molar-refractivity contribution is 6.62. The van der Waals surface area contributed by atoms with Gasteiger partial charge in [0.1, 0.15) is 18.0 Å². The quantitative estimate of drug-likeness (QED) is 0.455. The molecule has 1 saturated heterocycles. The first-order valence-electron chi connectivity index (χ1n) is 12.1. The third-order valence-corrected chi connectivity index (χ3v) is 6.96. The molecule has 3 rings (SSSR count). The van der Waals surface area contributed by atoms with Gasteiger partial charge in [0.05, 0.1) is 11.2 Å². The highest BCUT2D eigenvalue weighted by Gasteiger charge is 2.51. The van der Waals surface area contributed by atoms with E-state index in [4.69, 9.17) is 14.0 Å². The Bertz CT molecular complexity index is 776. The van der Waals surface area contributed by atoms with Crippen molar-refractivity contribution in [3.05, 3.63) is 29.6 Å². The molecule has 178 valence electrons. The van der Waals surface area contributed by atoms with Gasteiger partial charge in [-0.15, -0.1) is 0 Å². The number of esters is 1. The van der Waals surface area contributed by atoms with E-state index in [-0.39, 0.29) is 23.9 Å². The molecule has 0 unspecified atom stereocenters. The van der Waals surface area contributed by atoms with Gasteiger partial charge in [0, 0.05) is 6.54 Å². The number of hydrogen-bond acceptors (Lipinski definition) is 5. The fraction of sp³-hybridized carbons (Fsp3) is 0.720. The minimum absolute atomic E-state index is 0.0491. The van der Waals surface area contributed by atoms with Crippen LogP contribution in [0.1, 0.15) is 79.2 Å². The van der Waals surface area contributed by atoms with E-state index in [0.29, 0.717) is 30.9 Å². The maximum Gasteiger partial charge on any atom is 0.494 e. The minimum atomic E-state index is -0.526. The van der Waals surface area contributed by atoms with Crippen LogP contribution in [0.4, 0.5) is 4.39 Å². The molecule has 1 heterocycles. The number of ether oxygens (including phenoxy) is 1. The lowest BCUT2D eigenvalue weighted by Gasteiger charge is -2.32. The van der Waals surface area contributed by atoms with Crippen LogP contribution in [0.25, 0.3) is 0 Å². The molecular weight excluding hydrogens is 408 g/mol. The molecule has 32 heavy (non-hydrogen) atoms. The van der Waals surface area contributed by atoms with Gasteiger partial charge in [0.25, 0.3) is 0 Å². The van der Waals surface area contributed by atoms with Crippen LogP contribution in [0, 0.1) is 11.7 Å². The zero-order valence-electron chi connectivity index (χ0n) is 20.5. The summed E-state index contributed by atoms with van der Waals surface area (Å²) in [6.45, 7) is 12.7. The maximum atomic E-state index is 14.5. The third kappa shape index (κ3) is 6.12. The molecule has 1 aliphatic carbocycles. The highest BCUT2D eigenvalue weighted by Crippen LogP contribution is 2.36. The van der Waals surface area contributed by atoms with E-state index in [9.17, 15) is 9.18 Å². The van der Waals surface area contributed by atoms with Crippen molar-refractivity contribution in [2.75, 3.05) is 6.54 Å². The van der Waals surface area contributed by atoms with Crippen molar-refractivity contribution in [3.63, 3.8) is 0 Å². The van der Waals surface area contributed by atoms with Gasteiger partial charge < -0.3 is 19.4 Å². The van der Waals surface area contributed by atoms with E-state index in [0.717, 1.165) is 31.1 Å². The summed E-state index contributed by atoms with van der Waals surface area (Å²) >= 11 is 0. The lowest BCUT2D eigenvalue weighted by Crippen LogP contribution is -2.41. The first-order valence-corrected chi connectivity index (χ1v) is 12.1. The average molecular weight is 447 g/mol. The summed E-state index contributed by atoms with van der Waals surface area (Å²) in [6, 6.07) is 4.63. The summed E-state index contributed by atoms with van der Waals surface area (Å²) in [5.74, 6) is -0.0925. The van der Waals surface area contributed by atoms with Gasteiger partial charge in [0.15, 0.2) is 0 Å². The molecule has 7 heteroatoms. The summed E-state index contributed by atoms with van der Waals surface area (Å²) in [5.41, 5.74) is 0.492. The smallest absolute Gasteiger partial charge is 0.461 e. The standard InChI is InChI=1S/C25H39BFNO4/c1-17(2)15-22(23(29)30-20-9-7-8-10-20)28-14-13-18-16-19(11-12-21(18)27)26-31-24(3,4)25(5,6)32-26/h11-12,16-17,20,22,28H,7-10,13-15H2,1-6H3/t22-/m1/s1. The molecule has 1 N–H and O–H groups in total. The SMILES string of the molecule is CC(C)C[C@@H](NCCc1cc(B2OC(C)(C)C(C)(C)O2)ccc1F)C(=O)OC1CCCC1. The van der Waals surface area contributed by atoms with Crippen molar-refractivity contribution < 1.29 is 23.2 Å². The van der Waals surface area contributed by atoms with E-state index in [1.54, 1.807) is 6.07 Å². The van der Waals surface area contributed by atoms with Crippen LogP contribution >= 0.6 is 0 Å². The molecule has 2 aliphatic rings. The van der Waals surface area contributed by atoms with E-state index in [1.165, 1.54) is 6.07 Å². The van der Waals surface area contributed by atoms with Gasteiger partial charge in [-0.3, -0.25) is 4.79 Å². The van der Waals surface area contributed by atoms with E-state index in [2.05, 4.69) is 19.2 Å². The van der Waals surface area contributed by atoms with Crippen LogP contribution in [0.15, 0.2) is 18.2 Å². The molecule has 1 aromatic rings. The van der Waals surface area contributed by atoms with Crippen LogP contribution in [-0.2, 0) is 25.3 Å². The Morgan fingerprint density at radius 2 is 1.81 bits per heavy atom. The average Bonchev–Trinajstić information content (AvgIpc) is 3.27. The second kappa shape index (κ2) is 10.2. The predicted molar refractivity (Wildman–Crippen MR) is 125 cm³/mol. The van der Waals surface area contributed by atoms with E-state index in [1.807, 2.05) is 33.8 Å². The summed E-state index contributed by atoms with van der Waals surface area (Å²) in [4.78, 5) is 12.7. The first-order chi connectivity index (χ1) is 15.0. The van der Waals surface area contributed by atoms with E-state index >= 15 is 0 Å². The summed E-state index contributed by atoms with van der Waals surface area (Å²) in [6.07, 6.45) is 5.37. The Hall–Kier alpha value is -1.44. The molecule has 0 aromatic heterocycles. The monoisotopic (exact) mass is 447 g/mol. The lowest BCUT2D eigenvalue weighted by atomic mass is 9.78. The second-order valence-corrected chi connectivity index (χ2v) is 10.7. The molecule has 1 aromatic carbocycles. The third-order valence-electron chi connectivity index (χ3n) is 6.96. The fourth-order valence-electron chi connectivity index (χ4n) is 4.28. The van der Waals surface area contributed by atoms with Crippen molar-refractivity contribution in [2.24, 2.45) is 5.92 Å². The number of carbonyl (C=O) groups is 1. The molecule has 0 radical (unpaired) electrons. The van der Waals surface area contributed by atoms with Gasteiger partial charge in [0.2, 0.25) is 0 Å². The van der Waals surface area contributed by atoms with E-state index < -0.39 is 18.3 Å². The Kier molecular flexibility index (Phi) is 8.05. The van der Waals surface area contributed by atoms with Crippen molar-refractivity contribution in [1.82, 2.24) is 5.32 Å². The van der Waals surface area contributed by atoms with Gasteiger partial charge in [-0.25, -0.2) is 4.39 Å². The van der Waals surface area contributed by atoms with Crippen LogP contribution in [0.3, 0.4) is 0 Å². The number of nitrogens with one attached hydrogen (secondary N) is 1. The summed E-state index contributed by atoms with van der Waals surface area (Å²) < 4.78 is 32.5. The Labute approximate surface area is 192 Å². The van der Waals surface area contributed by atoms with Crippen molar-refractivity contribution >= 4 is 18.6 Å². The number of hydrogen-bond donors (Lipinski definition) is 1. The lowest BCUT2D eigenvalue weighted by molar-refractivity contribution is -0.151. The number of halogens is 1. The van der Waals surface area contributed by atoms with Crippen LogP contribution in [-0.4, -0.2) is 43.0 Å². The van der Waals surface area contributed by atoms with Crippen LogP contribution in [0.2, 0.25) is 0 Å². The largest absolute Gasteiger partial charge is 0.494 e. The number of benzene rings is 1. The number of carbonyl (C=O) groups excluding carboxylic acids is 1. The summed E-state index contributed by atoms with van der Waals surface area (Å²) in [7, 11) is -0.526. The topological polar surface area (TPSA) is 56.8 Å². The molecule has 1 saturated carbocycles. The van der Waals surface area contributed by atoms with Gasteiger partial charge in [-0.1, -0.05) is 26.0 Å². The zero-order chi connectivity index (χ0) is 23.5. The first kappa shape index (κ1) is 25.2. The predicted octanol–water partition coefficient (Wildman–Crippen LogP) is 4.16. The Morgan fingerprint density at radius 3 is 2.41 bits per heavy atom. The molecule has 5 nitrogen and oxygen atoms in total. The molecule has 0 bridgehead atoms. The van der Waals surface area contributed by atoms with Gasteiger partial charge in [-0.05, 0) is 89.2 Å². The highest BCUT2D eigenvalue weighted by atomic mass is 19.1. The molecule has 0 amide bonds. The molecule has 0 spiro atoms. The minimum Gasteiger partial charge on any atom is -0.461 e. The Morgan fingerprint density at radius 1 is 1.19 bits per heavy atom.